The van der Waals surface area contributed by atoms with Gasteiger partial charge in [-0.3, -0.25) is 9.78 Å². The number of rotatable bonds is 3. The highest BCUT2D eigenvalue weighted by atomic mass is 35.5. The van der Waals surface area contributed by atoms with E-state index in [1.165, 1.54) is 6.20 Å². The Morgan fingerprint density at radius 1 is 1.37 bits per heavy atom. The molecule has 1 saturated heterocycles. The number of aliphatic hydroxyl groups excluding tert-OH is 1. The van der Waals surface area contributed by atoms with Crippen molar-refractivity contribution in [3.63, 3.8) is 0 Å². The molecule has 7 heteroatoms. The summed E-state index contributed by atoms with van der Waals surface area (Å²) in [6.07, 6.45) is 4.19. The van der Waals surface area contributed by atoms with Crippen molar-refractivity contribution in [2.45, 2.75) is 25.0 Å². The quantitative estimate of drug-likeness (QED) is 0.870. The Kier molecular flexibility index (Phi) is 7.94. The average molecular weight is 308 g/mol. The standard InChI is InChI=1S/C12H17N3O2.2ClH/c13-10(12(17)15-6-1-2-7-15)11(16)9-4-3-5-14-8-9;;/h3-5,8,10-11,16H,1-2,6-7,13H2;2*1H/t10-,11-;;/m0../s1. The van der Waals surface area contributed by atoms with Crippen molar-refractivity contribution in [2.24, 2.45) is 5.73 Å². The van der Waals surface area contributed by atoms with Crippen molar-refractivity contribution in [1.29, 1.82) is 0 Å². The van der Waals surface area contributed by atoms with Gasteiger partial charge in [-0.2, -0.15) is 0 Å². The molecule has 0 aromatic carbocycles. The summed E-state index contributed by atoms with van der Waals surface area (Å²) < 4.78 is 0. The molecule has 0 radical (unpaired) electrons. The van der Waals surface area contributed by atoms with Gasteiger partial charge in [-0.05, 0) is 18.9 Å². The highest BCUT2D eigenvalue weighted by Gasteiger charge is 2.29. The van der Waals surface area contributed by atoms with Crippen molar-refractivity contribution in [3.05, 3.63) is 30.1 Å². The highest BCUT2D eigenvalue weighted by Crippen LogP contribution is 2.17. The second-order valence-corrected chi connectivity index (χ2v) is 4.29. The molecule has 1 aromatic rings. The van der Waals surface area contributed by atoms with Crippen molar-refractivity contribution < 1.29 is 9.90 Å². The largest absolute Gasteiger partial charge is 0.386 e. The molecule has 5 nitrogen and oxygen atoms in total. The van der Waals surface area contributed by atoms with E-state index in [4.69, 9.17) is 5.73 Å². The summed E-state index contributed by atoms with van der Waals surface area (Å²) in [5.41, 5.74) is 6.38. The number of carbonyl (C=O) groups is 1. The molecule has 1 aromatic heterocycles. The predicted octanol–water partition coefficient (Wildman–Crippen LogP) is 0.908. The first-order valence-electron chi connectivity index (χ1n) is 5.82. The van der Waals surface area contributed by atoms with E-state index in [9.17, 15) is 9.90 Å². The summed E-state index contributed by atoms with van der Waals surface area (Å²) in [4.78, 5) is 17.6. The van der Waals surface area contributed by atoms with Gasteiger partial charge in [0.25, 0.3) is 0 Å². The van der Waals surface area contributed by atoms with Crippen LogP contribution < -0.4 is 5.73 Å². The number of carbonyl (C=O) groups excluding carboxylic acids is 1. The molecule has 1 fully saturated rings. The molecule has 2 atom stereocenters. The van der Waals surface area contributed by atoms with E-state index in [0.717, 1.165) is 25.9 Å². The van der Waals surface area contributed by atoms with Gasteiger partial charge in [-0.25, -0.2) is 0 Å². The number of amides is 1. The second-order valence-electron chi connectivity index (χ2n) is 4.29. The van der Waals surface area contributed by atoms with E-state index in [2.05, 4.69) is 4.98 Å². The zero-order valence-corrected chi connectivity index (χ0v) is 12.1. The molecular weight excluding hydrogens is 289 g/mol. The van der Waals surface area contributed by atoms with Crippen molar-refractivity contribution in [3.8, 4) is 0 Å². The zero-order valence-electron chi connectivity index (χ0n) is 10.4. The summed E-state index contributed by atoms with van der Waals surface area (Å²) >= 11 is 0. The van der Waals surface area contributed by atoms with Gasteiger partial charge in [0.2, 0.25) is 5.91 Å². The molecule has 1 aliphatic rings. The molecule has 2 rings (SSSR count). The van der Waals surface area contributed by atoms with Gasteiger partial charge in [-0.15, -0.1) is 24.8 Å². The molecule has 0 spiro atoms. The minimum Gasteiger partial charge on any atom is -0.386 e. The Morgan fingerprint density at radius 2 is 2.00 bits per heavy atom. The Labute approximate surface area is 125 Å². The maximum Gasteiger partial charge on any atom is 0.242 e. The van der Waals surface area contributed by atoms with E-state index in [1.54, 1.807) is 23.2 Å². The molecule has 108 valence electrons. The number of aliphatic hydroxyl groups is 1. The third-order valence-corrected chi connectivity index (χ3v) is 3.07. The van der Waals surface area contributed by atoms with Crippen LogP contribution in [0.25, 0.3) is 0 Å². The molecule has 3 N–H and O–H groups in total. The fraction of sp³-hybridized carbons (Fsp3) is 0.500. The van der Waals surface area contributed by atoms with Gasteiger partial charge >= 0.3 is 0 Å². The minimum atomic E-state index is -0.989. The molecule has 19 heavy (non-hydrogen) atoms. The fourth-order valence-electron chi connectivity index (χ4n) is 2.04. The second kappa shape index (κ2) is 8.32. The molecule has 0 bridgehead atoms. The van der Waals surface area contributed by atoms with Crippen LogP contribution in [0.3, 0.4) is 0 Å². The van der Waals surface area contributed by atoms with Crippen LogP contribution >= 0.6 is 24.8 Å². The number of nitrogens with zero attached hydrogens (tertiary/aromatic N) is 2. The summed E-state index contributed by atoms with van der Waals surface area (Å²) in [6, 6.07) is 2.53. The van der Waals surface area contributed by atoms with Gasteiger partial charge in [0.1, 0.15) is 12.1 Å². The van der Waals surface area contributed by atoms with E-state index in [-0.39, 0.29) is 30.7 Å². The van der Waals surface area contributed by atoms with Crippen LogP contribution in [0.1, 0.15) is 24.5 Å². The number of halogens is 2. The first kappa shape index (κ1) is 18.1. The molecular formula is C12H19Cl2N3O2. The number of likely N-dealkylation sites (tertiary alicyclic amines) is 1. The van der Waals surface area contributed by atoms with Crippen molar-refractivity contribution in [1.82, 2.24) is 9.88 Å². The smallest absolute Gasteiger partial charge is 0.242 e. The summed E-state index contributed by atoms with van der Waals surface area (Å²) in [7, 11) is 0. The van der Waals surface area contributed by atoms with Gasteiger partial charge in [0.15, 0.2) is 0 Å². The molecule has 0 saturated carbocycles. The Bertz CT molecular complexity index is 386. The molecule has 0 aliphatic carbocycles. The third kappa shape index (κ3) is 4.31. The molecule has 1 amide bonds. The number of nitrogens with two attached hydrogens (primary N) is 1. The summed E-state index contributed by atoms with van der Waals surface area (Å²) in [6.45, 7) is 1.48. The van der Waals surface area contributed by atoms with Crippen LogP contribution in [0.2, 0.25) is 0 Å². The van der Waals surface area contributed by atoms with Gasteiger partial charge in [0.05, 0.1) is 0 Å². The first-order chi connectivity index (χ1) is 8.20. The van der Waals surface area contributed by atoms with Gasteiger partial charge in [0, 0.05) is 31.0 Å². The third-order valence-electron chi connectivity index (χ3n) is 3.07. The summed E-state index contributed by atoms with van der Waals surface area (Å²) in [5, 5.41) is 10.0. The molecule has 1 aliphatic heterocycles. The number of pyridine rings is 1. The van der Waals surface area contributed by atoms with E-state index >= 15 is 0 Å². The average Bonchev–Trinajstić information content (AvgIpc) is 2.91. The maximum atomic E-state index is 12.0. The maximum absolute atomic E-state index is 12.0. The van der Waals surface area contributed by atoms with Crippen LogP contribution in [0, 0.1) is 0 Å². The fourth-order valence-corrected chi connectivity index (χ4v) is 2.04. The van der Waals surface area contributed by atoms with Crippen molar-refractivity contribution in [2.75, 3.05) is 13.1 Å². The van der Waals surface area contributed by atoms with E-state index < -0.39 is 12.1 Å². The van der Waals surface area contributed by atoms with Crippen LogP contribution in [0.4, 0.5) is 0 Å². The Balaban J connectivity index is 0.00000162. The topological polar surface area (TPSA) is 79.5 Å². The minimum absolute atomic E-state index is 0. The predicted molar refractivity (Wildman–Crippen MR) is 77.5 cm³/mol. The highest BCUT2D eigenvalue weighted by molar-refractivity contribution is 5.85. The first-order valence-corrected chi connectivity index (χ1v) is 5.82. The summed E-state index contributed by atoms with van der Waals surface area (Å²) in [5.74, 6) is -0.182. The lowest BCUT2D eigenvalue weighted by atomic mass is 10.0. The number of hydrogen-bond acceptors (Lipinski definition) is 4. The van der Waals surface area contributed by atoms with Crippen LogP contribution in [0.5, 0.6) is 0 Å². The molecule has 2 heterocycles. The lowest BCUT2D eigenvalue weighted by Gasteiger charge is -2.23. The zero-order chi connectivity index (χ0) is 12.3. The van der Waals surface area contributed by atoms with Gasteiger partial charge < -0.3 is 15.7 Å². The SMILES string of the molecule is Cl.Cl.N[C@H](C(=O)N1CCCC1)[C@@H](O)c1cccnc1. The van der Waals surface area contributed by atoms with Crippen molar-refractivity contribution >= 4 is 30.7 Å². The van der Waals surface area contributed by atoms with Crippen LogP contribution in [-0.4, -0.2) is 40.0 Å². The number of hydrogen-bond donors (Lipinski definition) is 2. The lowest BCUT2D eigenvalue weighted by Crippen LogP contribution is -2.45. The monoisotopic (exact) mass is 307 g/mol. The van der Waals surface area contributed by atoms with Gasteiger partial charge in [-0.1, -0.05) is 6.07 Å². The lowest BCUT2D eigenvalue weighted by molar-refractivity contribution is -0.134. The molecule has 0 unspecified atom stereocenters. The van der Waals surface area contributed by atoms with Crippen LogP contribution in [-0.2, 0) is 4.79 Å². The van der Waals surface area contributed by atoms with E-state index in [0.29, 0.717) is 5.56 Å². The van der Waals surface area contributed by atoms with Crippen LogP contribution in [0.15, 0.2) is 24.5 Å². The Hall–Kier alpha value is -0.880. The number of aromatic nitrogens is 1. The van der Waals surface area contributed by atoms with E-state index in [1.807, 2.05) is 0 Å². The Morgan fingerprint density at radius 3 is 2.53 bits per heavy atom. The normalized spacial score (nSPS) is 17.1.